The lowest BCUT2D eigenvalue weighted by Crippen LogP contribution is -2.43. The zero-order chi connectivity index (χ0) is 19.1. The molecule has 7 nitrogen and oxygen atoms in total. The largest absolute Gasteiger partial charge is 0.491 e. The number of rotatable bonds is 3. The van der Waals surface area contributed by atoms with Crippen molar-refractivity contribution in [1.29, 1.82) is 0 Å². The van der Waals surface area contributed by atoms with E-state index in [-0.39, 0.29) is 11.9 Å². The number of aromatic nitrogens is 4. The van der Waals surface area contributed by atoms with Gasteiger partial charge in [0, 0.05) is 24.2 Å². The van der Waals surface area contributed by atoms with Gasteiger partial charge in [0.1, 0.15) is 18.2 Å². The Kier molecular flexibility index (Phi) is 4.31. The minimum atomic E-state index is -0.189. The van der Waals surface area contributed by atoms with Gasteiger partial charge in [-0.3, -0.25) is 9.89 Å². The molecule has 1 amide bonds. The topological polar surface area (TPSA) is 84.8 Å². The number of H-pyrrole nitrogens is 1. The van der Waals surface area contributed by atoms with Crippen LogP contribution >= 0.6 is 11.6 Å². The lowest BCUT2D eigenvalue weighted by Gasteiger charge is -2.26. The second-order valence-corrected chi connectivity index (χ2v) is 7.68. The number of ether oxygens (including phenoxy) is 1. The van der Waals surface area contributed by atoms with Gasteiger partial charge in [0.25, 0.3) is 5.91 Å². The summed E-state index contributed by atoms with van der Waals surface area (Å²) >= 11 is 6.10. The number of halogens is 1. The molecule has 1 aromatic carbocycles. The van der Waals surface area contributed by atoms with E-state index in [1.54, 1.807) is 6.20 Å². The third-order valence-corrected chi connectivity index (χ3v) is 5.55. The fraction of sp³-hybridized carbons (Fsp3) is 0.350. The number of carbonyl (C=O) groups excluding carboxylic acids is 1. The highest BCUT2D eigenvalue weighted by Crippen LogP contribution is 2.29. The van der Waals surface area contributed by atoms with Crippen LogP contribution in [0.15, 0.2) is 30.5 Å². The second-order valence-electron chi connectivity index (χ2n) is 7.24. The molecule has 8 heteroatoms. The van der Waals surface area contributed by atoms with E-state index in [9.17, 15) is 4.79 Å². The van der Waals surface area contributed by atoms with Gasteiger partial charge in [-0.1, -0.05) is 11.6 Å². The molecule has 2 N–H and O–H groups in total. The number of amides is 1. The molecule has 0 bridgehead atoms. The molecule has 0 saturated carbocycles. The van der Waals surface area contributed by atoms with Crippen LogP contribution in [0.3, 0.4) is 0 Å². The molecule has 28 heavy (non-hydrogen) atoms. The predicted octanol–water partition coefficient (Wildman–Crippen LogP) is 3.00. The molecule has 2 aromatic heterocycles. The normalized spacial score (nSPS) is 18.1. The third-order valence-electron chi connectivity index (χ3n) is 5.31. The minimum Gasteiger partial charge on any atom is -0.491 e. The Morgan fingerprint density at radius 3 is 3.11 bits per heavy atom. The Morgan fingerprint density at radius 1 is 1.32 bits per heavy atom. The van der Waals surface area contributed by atoms with E-state index in [1.807, 2.05) is 24.3 Å². The number of nitrogens with one attached hydrogen (secondary N) is 2. The maximum absolute atomic E-state index is 13.1. The van der Waals surface area contributed by atoms with E-state index < -0.39 is 0 Å². The van der Waals surface area contributed by atoms with Gasteiger partial charge in [0.15, 0.2) is 5.69 Å². The quantitative estimate of drug-likeness (QED) is 0.711. The van der Waals surface area contributed by atoms with Crippen molar-refractivity contribution in [2.75, 3.05) is 6.61 Å². The van der Waals surface area contributed by atoms with Crippen molar-refractivity contribution >= 4 is 17.5 Å². The number of aromatic amines is 1. The van der Waals surface area contributed by atoms with Gasteiger partial charge in [-0.25, -0.2) is 4.98 Å². The van der Waals surface area contributed by atoms with E-state index >= 15 is 0 Å². The SMILES string of the molecule is O=C(N[C@H]1COc2ccc(Cl)cc2C1)c1nc2n(c1-c1ccn[nH]1)CCCC2. The zero-order valence-corrected chi connectivity index (χ0v) is 16.0. The first-order valence-corrected chi connectivity index (χ1v) is 9.88. The molecule has 0 fully saturated rings. The summed E-state index contributed by atoms with van der Waals surface area (Å²) in [6, 6.07) is 7.31. The number of hydrogen-bond acceptors (Lipinski definition) is 4. The smallest absolute Gasteiger partial charge is 0.272 e. The summed E-state index contributed by atoms with van der Waals surface area (Å²) < 4.78 is 7.93. The summed E-state index contributed by atoms with van der Waals surface area (Å²) in [6.07, 6.45) is 5.42. The van der Waals surface area contributed by atoms with Crippen LogP contribution < -0.4 is 10.1 Å². The average Bonchev–Trinajstić information content (AvgIpc) is 3.35. The highest BCUT2D eigenvalue weighted by Gasteiger charge is 2.28. The molecule has 0 spiro atoms. The molecule has 4 heterocycles. The van der Waals surface area contributed by atoms with Crippen molar-refractivity contribution in [2.24, 2.45) is 0 Å². The van der Waals surface area contributed by atoms with Crippen LogP contribution in [0, 0.1) is 0 Å². The number of nitrogens with zero attached hydrogens (tertiary/aromatic N) is 3. The van der Waals surface area contributed by atoms with Crippen molar-refractivity contribution in [1.82, 2.24) is 25.1 Å². The summed E-state index contributed by atoms with van der Waals surface area (Å²) in [5.74, 6) is 1.59. The van der Waals surface area contributed by atoms with Gasteiger partial charge in [0.05, 0.1) is 17.4 Å². The zero-order valence-electron chi connectivity index (χ0n) is 15.2. The number of benzene rings is 1. The standard InChI is InChI=1S/C20H20ClN5O2/c21-13-4-5-16-12(9-13)10-14(11-28-16)23-20(27)18-19(15-6-7-22-25-15)26-8-2-1-3-17(26)24-18/h4-7,9,14H,1-3,8,10-11H2,(H,22,25)(H,23,27)/t14-/m1/s1. The van der Waals surface area contributed by atoms with Gasteiger partial charge in [-0.2, -0.15) is 5.10 Å². The third kappa shape index (κ3) is 3.05. The van der Waals surface area contributed by atoms with Crippen LogP contribution in [0.25, 0.3) is 11.4 Å². The fourth-order valence-electron chi connectivity index (χ4n) is 4.01. The first-order valence-electron chi connectivity index (χ1n) is 9.50. The summed E-state index contributed by atoms with van der Waals surface area (Å²) in [7, 11) is 0. The van der Waals surface area contributed by atoms with Gasteiger partial charge >= 0.3 is 0 Å². The second kappa shape index (κ2) is 6.98. The molecule has 0 aliphatic carbocycles. The Balaban J connectivity index is 1.42. The van der Waals surface area contributed by atoms with Crippen LogP contribution in [-0.4, -0.2) is 38.3 Å². The molecular formula is C20H20ClN5O2. The van der Waals surface area contributed by atoms with E-state index in [2.05, 4.69) is 25.1 Å². The van der Waals surface area contributed by atoms with Crippen molar-refractivity contribution in [3.8, 4) is 17.1 Å². The maximum atomic E-state index is 13.1. The Morgan fingerprint density at radius 2 is 2.25 bits per heavy atom. The lowest BCUT2D eigenvalue weighted by atomic mass is 10.0. The number of imidazole rings is 1. The van der Waals surface area contributed by atoms with Crippen LogP contribution in [-0.2, 0) is 19.4 Å². The lowest BCUT2D eigenvalue weighted by molar-refractivity contribution is 0.0911. The highest BCUT2D eigenvalue weighted by atomic mass is 35.5. The van der Waals surface area contributed by atoms with Gasteiger partial charge in [-0.15, -0.1) is 0 Å². The number of carbonyl (C=O) groups is 1. The Hall–Kier alpha value is -2.80. The fourth-order valence-corrected chi connectivity index (χ4v) is 4.21. The van der Waals surface area contributed by atoms with Crippen LogP contribution in [0.4, 0.5) is 0 Å². The van der Waals surface area contributed by atoms with E-state index in [0.717, 1.165) is 54.3 Å². The van der Waals surface area contributed by atoms with Crippen molar-refractivity contribution in [2.45, 2.75) is 38.3 Å². The Bertz CT molecular complexity index is 1030. The van der Waals surface area contributed by atoms with Gasteiger partial charge in [-0.05, 0) is 49.1 Å². The van der Waals surface area contributed by atoms with Crippen molar-refractivity contribution in [3.05, 3.63) is 52.6 Å². The molecule has 2 aliphatic rings. The molecular weight excluding hydrogens is 378 g/mol. The van der Waals surface area contributed by atoms with E-state index in [4.69, 9.17) is 16.3 Å². The molecule has 3 aromatic rings. The summed E-state index contributed by atoms with van der Waals surface area (Å²) in [5, 5.41) is 10.8. The molecule has 0 unspecified atom stereocenters. The predicted molar refractivity (Wildman–Crippen MR) is 105 cm³/mol. The number of fused-ring (bicyclic) bond motifs is 2. The molecule has 0 radical (unpaired) electrons. The molecule has 0 saturated heterocycles. The van der Waals surface area contributed by atoms with Crippen molar-refractivity contribution in [3.63, 3.8) is 0 Å². The maximum Gasteiger partial charge on any atom is 0.272 e. The summed E-state index contributed by atoms with van der Waals surface area (Å²) in [5.41, 5.74) is 3.06. The molecule has 1 atom stereocenters. The first-order chi connectivity index (χ1) is 13.7. The molecule has 2 aliphatic heterocycles. The van der Waals surface area contributed by atoms with Gasteiger partial charge in [0.2, 0.25) is 0 Å². The highest BCUT2D eigenvalue weighted by molar-refractivity contribution is 6.30. The summed E-state index contributed by atoms with van der Waals surface area (Å²) in [4.78, 5) is 17.8. The average molecular weight is 398 g/mol. The van der Waals surface area contributed by atoms with Crippen molar-refractivity contribution < 1.29 is 9.53 Å². The molecule has 5 rings (SSSR count). The van der Waals surface area contributed by atoms with Crippen LogP contribution in [0.5, 0.6) is 5.75 Å². The number of aryl methyl sites for hydroxylation is 1. The monoisotopic (exact) mass is 397 g/mol. The van der Waals surface area contributed by atoms with E-state index in [1.165, 1.54) is 0 Å². The van der Waals surface area contributed by atoms with Gasteiger partial charge < -0.3 is 14.6 Å². The number of hydrogen-bond donors (Lipinski definition) is 2. The summed E-state index contributed by atoms with van der Waals surface area (Å²) in [6.45, 7) is 1.29. The van der Waals surface area contributed by atoms with Crippen LogP contribution in [0.2, 0.25) is 5.02 Å². The van der Waals surface area contributed by atoms with Crippen LogP contribution in [0.1, 0.15) is 34.7 Å². The molecule has 144 valence electrons. The first kappa shape index (κ1) is 17.3. The Labute approximate surface area is 167 Å². The van der Waals surface area contributed by atoms with E-state index in [0.29, 0.717) is 23.7 Å². The minimum absolute atomic E-state index is 0.133.